The molecule has 2 aromatic carbocycles. The number of hydrogen-bond acceptors (Lipinski definition) is 3. The van der Waals surface area contributed by atoms with Crippen LogP contribution in [0.15, 0.2) is 42.5 Å². The highest BCUT2D eigenvalue weighted by molar-refractivity contribution is 5.94. The maximum absolute atomic E-state index is 13.5. The van der Waals surface area contributed by atoms with Gasteiger partial charge in [0.1, 0.15) is 17.3 Å². The summed E-state index contributed by atoms with van der Waals surface area (Å²) < 4.78 is 18.6. The minimum absolute atomic E-state index is 0.0391. The second kappa shape index (κ2) is 6.74. The minimum Gasteiger partial charge on any atom is -0.497 e. The van der Waals surface area contributed by atoms with E-state index in [0.717, 1.165) is 11.3 Å². The molecule has 0 aromatic heterocycles. The van der Waals surface area contributed by atoms with Crippen LogP contribution in [-0.4, -0.2) is 13.0 Å². The summed E-state index contributed by atoms with van der Waals surface area (Å²) >= 11 is 0. The topological polar surface area (TPSA) is 64.3 Å². The molecule has 0 radical (unpaired) electrons. The van der Waals surface area contributed by atoms with E-state index in [2.05, 4.69) is 5.32 Å². The van der Waals surface area contributed by atoms with Crippen LogP contribution in [0.4, 0.5) is 15.8 Å². The number of aryl methyl sites for hydroxylation is 1. The molecule has 0 unspecified atom stereocenters. The van der Waals surface area contributed by atoms with Crippen molar-refractivity contribution in [1.29, 1.82) is 0 Å². The molecule has 0 saturated carbocycles. The lowest BCUT2D eigenvalue weighted by atomic mass is 10.1. The Bertz CT molecular complexity index is 606. The fourth-order valence-corrected chi connectivity index (χ4v) is 1.92. The first kappa shape index (κ1) is 14.8. The molecule has 0 saturated heterocycles. The number of rotatable bonds is 5. The zero-order valence-electron chi connectivity index (χ0n) is 11.7. The van der Waals surface area contributed by atoms with E-state index in [-0.39, 0.29) is 23.7 Å². The molecule has 0 aliphatic carbocycles. The third kappa shape index (κ3) is 3.95. The standard InChI is InChI=1S/C16H17FN2O2/c1-21-12-8-5-11(6-9-12)7-10-15(20)19-16-13(17)3-2-4-14(16)18/h2-6,8-9H,7,10,18H2,1H3,(H,19,20). The van der Waals surface area contributed by atoms with Crippen molar-refractivity contribution < 1.29 is 13.9 Å². The number of nitrogens with two attached hydrogens (primary N) is 1. The van der Waals surface area contributed by atoms with Gasteiger partial charge in [0.15, 0.2) is 0 Å². The third-order valence-corrected chi connectivity index (χ3v) is 3.11. The van der Waals surface area contributed by atoms with Gasteiger partial charge in [-0.2, -0.15) is 0 Å². The number of methoxy groups -OCH3 is 1. The fraction of sp³-hybridized carbons (Fsp3) is 0.188. The van der Waals surface area contributed by atoms with Crippen molar-refractivity contribution in [1.82, 2.24) is 0 Å². The van der Waals surface area contributed by atoms with Gasteiger partial charge in [-0.3, -0.25) is 4.79 Å². The van der Waals surface area contributed by atoms with Gasteiger partial charge in [-0.05, 0) is 36.2 Å². The van der Waals surface area contributed by atoms with Crippen molar-refractivity contribution in [3.8, 4) is 5.75 Å². The fourth-order valence-electron chi connectivity index (χ4n) is 1.92. The molecule has 0 bridgehead atoms. The summed E-state index contributed by atoms with van der Waals surface area (Å²) in [6.45, 7) is 0. The number of benzene rings is 2. The molecule has 0 aliphatic heterocycles. The Morgan fingerprint density at radius 3 is 2.57 bits per heavy atom. The highest BCUT2D eigenvalue weighted by Gasteiger charge is 2.10. The Balaban J connectivity index is 1.92. The van der Waals surface area contributed by atoms with Gasteiger partial charge in [0.25, 0.3) is 0 Å². The SMILES string of the molecule is COc1ccc(CCC(=O)Nc2c(N)cccc2F)cc1. The van der Waals surface area contributed by atoms with Crippen molar-refractivity contribution in [2.24, 2.45) is 0 Å². The molecule has 2 aromatic rings. The molecule has 0 aliphatic rings. The minimum atomic E-state index is -0.534. The van der Waals surface area contributed by atoms with E-state index in [1.54, 1.807) is 13.2 Å². The Morgan fingerprint density at radius 2 is 1.95 bits per heavy atom. The van der Waals surface area contributed by atoms with Gasteiger partial charge >= 0.3 is 0 Å². The van der Waals surface area contributed by atoms with Gasteiger partial charge < -0.3 is 15.8 Å². The molecular formula is C16H17FN2O2. The van der Waals surface area contributed by atoms with Crippen molar-refractivity contribution in [3.63, 3.8) is 0 Å². The van der Waals surface area contributed by atoms with Crippen LogP contribution in [0.5, 0.6) is 5.75 Å². The Labute approximate surface area is 122 Å². The largest absolute Gasteiger partial charge is 0.497 e. The molecule has 2 rings (SSSR count). The van der Waals surface area contributed by atoms with Crippen molar-refractivity contribution in [3.05, 3.63) is 53.8 Å². The molecule has 5 heteroatoms. The van der Waals surface area contributed by atoms with Crippen molar-refractivity contribution in [2.45, 2.75) is 12.8 Å². The number of hydrogen-bond donors (Lipinski definition) is 2. The normalized spacial score (nSPS) is 10.2. The summed E-state index contributed by atoms with van der Waals surface area (Å²) in [7, 11) is 1.60. The number of nitrogens with one attached hydrogen (secondary N) is 1. The van der Waals surface area contributed by atoms with Gasteiger partial charge in [-0.1, -0.05) is 18.2 Å². The highest BCUT2D eigenvalue weighted by Crippen LogP contribution is 2.22. The Kier molecular flexibility index (Phi) is 4.77. The molecule has 1 amide bonds. The first-order valence-electron chi connectivity index (χ1n) is 6.57. The Morgan fingerprint density at radius 1 is 1.24 bits per heavy atom. The van der Waals surface area contributed by atoms with Crippen LogP contribution in [-0.2, 0) is 11.2 Å². The monoisotopic (exact) mass is 288 g/mol. The zero-order valence-corrected chi connectivity index (χ0v) is 11.7. The third-order valence-electron chi connectivity index (χ3n) is 3.11. The van der Waals surface area contributed by atoms with Crippen molar-refractivity contribution >= 4 is 17.3 Å². The van der Waals surface area contributed by atoms with E-state index in [1.165, 1.54) is 12.1 Å². The number of ether oxygens (including phenoxy) is 1. The first-order valence-corrected chi connectivity index (χ1v) is 6.57. The lowest BCUT2D eigenvalue weighted by Crippen LogP contribution is -2.14. The number of anilines is 2. The van der Waals surface area contributed by atoms with E-state index in [0.29, 0.717) is 6.42 Å². The molecule has 21 heavy (non-hydrogen) atoms. The summed E-state index contributed by atoms with van der Waals surface area (Å²) in [4.78, 5) is 11.9. The van der Waals surface area contributed by atoms with E-state index in [4.69, 9.17) is 10.5 Å². The van der Waals surface area contributed by atoms with E-state index in [9.17, 15) is 9.18 Å². The molecule has 110 valence electrons. The number of para-hydroxylation sites is 1. The lowest BCUT2D eigenvalue weighted by Gasteiger charge is -2.09. The van der Waals surface area contributed by atoms with Crippen LogP contribution < -0.4 is 15.8 Å². The van der Waals surface area contributed by atoms with Crippen LogP contribution in [0.3, 0.4) is 0 Å². The summed E-state index contributed by atoms with van der Waals surface area (Å²) in [5.41, 5.74) is 6.90. The van der Waals surface area contributed by atoms with Crippen LogP contribution in [0.1, 0.15) is 12.0 Å². The molecule has 4 nitrogen and oxygen atoms in total. The average molecular weight is 288 g/mol. The molecule has 0 fully saturated rings. The lowest BCUT2D eigenvalue weighted by molar-refractivity contribution is -0.116. The van der Waals surface area contributed by atoms with E-state index in [1.807, 2.05) is 24.3 Å². The van der Waals surface area contributed by atoms with Gasteiger partial charge in [-0.15, -0.1) is 0 Å². The molecular weight excluding hydrogens is 271 g/mol. The predicted molar refractivity (Wildman–Crippen MR) is 80.8 cm³/mol. The smallest absolute Gasteiger partial charge is 0.224 e. The van der Waals surface area contributed by atoms with Gasteiger partial charge in [0.05, 0.1) is 12.8 Å². The van der Waals surface area contributed by atoms with Gasteiger partial charge in [0.2, 0.25) is 5.91 Å². The summed E-state index contributed by atoms with van der Waals surface area (Å²) in [5.74, 6) is -0.0438. The van der Waals surface area contributed by atoms with Crippen LogP contribution >= 0.6 is 0 Å². The predicted octanol–water partition coefficient (Wildman–Crippen LogP) is 2.99. The first-order chi connectivity index (χ1) is 10.1. The van der Waals surface area contributed by atoms with E-state index >= 15 is 0 Å². The van der Waals surface area contributed by atoms with Gasteiger partial charge in [0, 0.05) is 6.42 Å². The number of halogens is 1. The summed E-state index contributed by atoms with van der Waals surface area (Å²) in [6.07, 6.45) is 0.810. The molecule has 0 atom stereocenters. The number of carbonyl (C=O) groups excluding carboxylic acids is 1. The van der Waals surface area contributed by atoms with Crippen LogP contribution in [0.25, 0.3) is 0 Å². The number of amides is 1. The molecule has 3 N–H and O–H groups in total. The van der Waals surface area contributed by atoms with E-state index < -0.39 is 5.82 Å². The maximum atomic E-state index is 13.5. The second-order valence-corrected chi connectivity index (χ2v) is 4.60. The number of nitrogen functional groups attached to an aromatic ring is 1. The van der Waals surface area contributed by atoms with Crippen molar-refractivity contribution in [2.75, 3.05) is 18.2 Å². The van der Waals surface area contributed by atoms with Gasteiger partial charge in [-0.25, -0.2) is 4.39 Å². The average Bonchev–Trinajstić information content (AvgIpc) is 2.49. The van der Waals surface area contributed by atoms with Crippen LogP contribution in [0, 0.1) is 5.82 Å². The second-order valence-electron chi connectivity index (χ2n) is 4.60. The molecule has 0 heterocycles. The summed E-state index contributed by atoms with van der Waals surface area (Å²) in [6, 6.07) is 11.8. The molecule has 0 spiro atoms. The summed E-state index contributed by atoms with van der Waals surface area (Å²) in [5, 5.41) is 2.51. The quantitative estimate of drug-likeness (QED) is 0.831. The van der Waals surface area contributed by atoms with Crippen LogP contribution in [0.2, 0.25) is 0 Å². The Hall–Kier alpha value is -2.56. The highest BCUT2D eigenvalue weighted by atomic mass is 19.1. The number of carbonyl (C=O) groups is 1. The zero-order chi connectivity index (χ0) is 15.2. The maximum Gasteiger partial charge on any atom is 0.224 e.